The van der Waals surface area contributed by atoms with Gasteiger partial charge in [-0.3, -0.25) is 9.59 Å². The number of carbonyl (C=O) groups excluding carboxylic acids is 2. The zero-order chi connectivity index (χ0) is 25.8. The van der Waals surface area contributed by atoms with Crippen LogP contribution in [0.1, 0.15) is 51.3 Å². The minimum absolute atomic E-state index is 0.134. The summed E-state index contributed by atoms with van der Waals surface area (Å²) in [6, 6.07) is 18.2. The van der Waals surface area contributed by atoms with Crippen molar-refractivity contribution in [3.63, 3.8) is 0 Å². The largest absolute Gasteiger partial charge is 0.497 e. The Kier molecular flexibility index (Phi) is 8.22. The summed E-state index contributed by atoms with van der Waals surface area (Å²) in [5.74, 6) is 0.593. The average molecular weight is 497 g/mol. The Morgan fingerprint density at radius 2 is 1.71 bits per heavy atom. The maximum Gasteiger partial charge on any atom is 0.245 e. The molecule has 0 fully saturated rings. The van der Waals surface area contributed by atoms with Gasteiger partial charge in [0.2, 0.25) is 11.8 Å². The summed E-state index contributed by atoms with van der Waals surface area (Å²) in [6.07, 6.45) is 0. The fourth-order valence-corrected chi connectivity index (χ4v) is 3.79. The summed E-state index contributed by atoms with van der Waals surface area (Å²) >= 11 is 6.48. The second kappa shape index (κ2) is 11.0. The molecule has 3 rings (SSSR count). The second-order valence-electron chi connectivity index (χ2n) is 9.66. The molecule has 2 aromatic carbocycles. The molecule has 0 spiro atoms. The van der Waals surface area contributed by atoms with Crippen LogP contribution in [0.5, 0.6) is 5.75 Å². The van der Waals surface area contributed by atoms with E-state index in [1.165, 1.54) is 4.90 Å². The lowest BCUT2D eigenvalue weighted by molar-refractivity contribution is -0.136. The van der Waals surface area contributed by atoms with E-state index in [2.05, 4.69) is 26.1 Å². The van der Waals surface area contributed by atoms with Crippen molar-refractivity contribution in [2.75, 3.05) is 19.0 Å². The highest BCUT2D eigenvalue weighted by Gasteiger charge is 2.28. The molecule has 0 radical (unpaired) electrons. The van der Waals surface area contributed by atoms with Crippen molar-refractivity contribution in [1.82, 2.24) is 14.7 Å². The molecule has 7 nitrogen and oxygen atoms in total. The van der Waals surface area contributed by atoms with Crippen LogP contribution >= 0.6 is 11.6 Å². The van der Waals surface area contributed by atoms with Crippen LogP contribution in [0.2, 0.25) is 0 Å². The van der Waals surface area contributed by atoms with Gasteiger partial charge in [0, 0.05) is 17.5 Å². The number of nitrogens with one attached hydrogen (secondary N) is 1. The van der Waals surface area contributed by atoms with Crippen molar-refractivity contribution in [2.45, 2.75) is 51.5 Å². The minimum Gasteiger partial charge on any atom is -0.497 e. The third-order valence-electron chi connectivity index (χ3n) is 5.59. The van der Waals surface area contributed by atoms with E-state index in [0.29, 0.717) is 11.4 Å². The van der Waals surface area contributed by atoms with Gasteiger partial charge in [-0.25, -0.2) is 4.68 Å². The Labute approximate surface area is 212 Å². The standard InChI is InChI=1S/C27H33ClN4O3/c1-18(2)31(26(34)25(28)19-10-8-7-9-11-19)17-24(33)29-23-16-22(27(3,4)5)30-32(23)20-12-14-21(35-6)15-13-20/h7-16,18,25H,17H2,1-6H3,(H,29,33). The number of ether oxygens (including phenoxy) is 1. The SMILES string of the molecule is COc1ccc(-n2nc(C(C)(C)C)cc2NC(=O)CN(C(=O)C(Cl)c2ccccc2)C(C)C)cc1. The van der Waals surface area contributed by atoms with Gasteiger partial charge in [-0.15, -0.1) is 11.6 Å². The van der Waals surface area contributed by atoms with Crippen LogP contribution in [-0.4, -0.2) is 46.2 Å². The number of carbonyl (C=O) groups is 2. The molecule has 0 aliphatic rings. The first-order valence-electron chi connectivity index (χ1n) is 11.6. The molecule has 2 amide bonds. The van der Waals surface area contributed by atoms with E-state index in [1.807, 2.05) is 62.4 Å². The highest BCUT2D eigenvalue weighted by Crippen LogP contribution is 2.28. The van der Waals surface area contributed by atoms with Gasteiger partial charge in [-0.05, 0) is 43.7 Å². The van der Waals surface area contributed by atoms with Crippen molar-refractivity contribution in [3.05, 3.63) is 71.9 Å². The molecule has 0 aliphatic carbocycles. The summed E-state index contributed by atoms with van der Waals surface area (Å²) in [4.78, 5) is 27.8. The molecule has 35 heavy (non-hydrogen) atoms. The van der Waals surface area contributed by atoms with Crippen LogP contribution in [0, 0.1) is 0 Å². The molecule has 3 aromatic rings. The predicted octanol–water partition coefficient (Wildman–Crippen LogP) is 5.33. The van der Waals surface area contributed by atoms with Crippen molar-refractivity contribution >= 4 is 29.2 Å². The quantitative estimate of drug-likeness (QED) is 0.427. The summed E-state index contributed by atoms with van der Waals surface area (Å²) in [5.41, 5.74) is 2.07. The summed E-state index contributed by atoms with van der Waals surface area (Å²) in [6.45, 7) is 9.76. The van der Waals surface area contributed by atoms with Gasteiger partial charge in [0.25, 0.3) is 0 Å². The third kappa shape index (κ3) is 6.42. The number of aromatic nitrogens is 2. The van der Waals surface area contributed by atoms with Crippen LogP contribution < -0.4 is 10.1 Å². The zero-order valence-corrected chi connectivity index (χ0v) is 21.8. The number of methoxy groups -OCH3 is 1. The predicted molar refractivity (Wildman–Crippen MR) is 139 cm³/mol. The van der Waals surface area contributed by atoms with Crippen molar-refractivity contribution < 1.29 is 14.3 Å². The first kappa shape index (κ1) is 26.3. The fraction of sp³-hybridized carbons (Fsp3) is 0.370. The van der Waals surface area contributed by atoms with Crippen LogP contribution in [0.4, 0.5) is 5.82 Å². The van der Waals surface area contributed by atoms with Crippen molar-refractivity contribution in [3.8, 4) is 11.4 Å². The number of hydrogen-bond acceptors (Lipinski definition) is 4. The van der Waals surface area contributed by atoms with Crippen LogP contribution in [0.15, 0.2) is 60.7 Å². The smallest absolute Gasteiger partial charge is 0.245 e. The van der Waals surface area contributed by atoms with E-state index in [-0.39, 0.29) is 29.8 Å². The Bertz CT molecular complexity index is 1150. The number of alkyl halides is 1. The molecule has 0 bridgehead atoms. The Hall–Kier alpha value is -3.32. The molecule has 1 aromatic heterocycles. The average Bonchev–Trinajstić information content (AvgIpc) is 3.26. The Balaban J connectivity index is 1.84. The molecule has 0 saturated carbocycles. The first-order chi connectivity index (χ1) is 16.5. The maximum atomic E-state index is 13.1. The van der Waals surface area contributed by atoms with Gasteiger partial charge in [-0.1, -0.05) is 51.1 Å². The number of nitrogens with zero attached hydrogens (tertiary/aromatic N) is 3. The highest BCUT2D eigenvalue weighted by atomic mass is 35.5. The lowest BCUT2D eigenvalue weighted by Crippen LogP contribution is -2.44. The lowest BCUT2D eigenvalue weighted by Gasteiger charge is -2.28. The molecule has 186 valence electrons. The molecule has 8 heteroatoms. The highest BCUT2D eigenvalue weighted by molar-refractivity contribution is 6.30. The number of halogens is 1. The monoisotopic (exact) mass is 496 g/mol. The molecule has 1 unspecified atom stereocenters. The van der Waals surface area contributed by atoms with Gasteiger partial charge in [-0.2, -0.15) is 5.10 Å². The summed E-state index contributed by atoms with van der Waals surface area (Å²) < 4.78 is 6.94. The zero-order valence-electron chi connectivity index (χ0n) is 21.1. The number of benzene rings is 2. The normalized spacial score (nSPS) is 12.3. The number of hydrogen-bond donors (Lipinski definition) is 1. The molecular weight excluding hydrogens is 464 g/mol. The number of anilines is 1. The van der Waals surface area contributed by atoms with Gasteiger partial charge < -0.3 is 15.0 Å². The Morgan fingerprint density at radius 3 is 2.26 bits per heavy atom. The van der Waals surface area contributed by atoms with E-state index < -0.39 is 5.38 Å². The fourth-order valence-electron chi connectivity index (χ4n) is 3.52. The molecule has 0 saturated heterocycles. The van der Waals surface area contributed by atoms with Crippen molar-refractivity contribution in [1.29, 1.82) is 0 Å². The summed E-state index contributed by atoms with van der Waals surface area (Å²) in [5, 5.41) is 6.81. The number of amides is 2. The van der Waals surface area contributed by atoms with Crippen LogP contribution in [0.3, 0.4) is 0 Å². The maximum absolute atomic E-state index is 13.1. The second-order valence-corrected chi connectivity index (χ2v) is 10.1. The van der Waals surface area contributed by atoms with Gasteiger partial charge in [0.15, 0.2) is 0 Å². The van der Waals surface area contributed by atoms with Gasteiger partial charge in [0.05, 0.1) is 18.5 Å². The molecule has 1 N–H and O–H groups in total. The van der Waals surface area contributed by atoms with E-state index >= 15 is 0 Å². The van der Waals surface area contributed by atoms with E-state index in [0.717, 1.165) is 17.1 Å². The van der Waals surface area contributed by atoms with Crippen LogP contribution in [-0.2, 0) is 15.0 Å². The van der Waals surface area contributed by atoms with Crippen molar-refractivity contribution in [2.24, 2.45) is 0 Å². The molecule has 1 heterocycles. The number of rotatable bonds is 8. The summed E-state index contributed by atoms with van der Waals surface area (Å²) in [7, 11) is 1.61. The molecule has 1 atom stereocenters. The first-order valence-corrected chi connectivity index (χ1v) is 12.0. The van der Waals surface area contributed by atoms with Gasteiger partial charge >= 0.3 is 0 Å². The van der Waals surface area contributed by atoms with Gasteiger partial charge in [0.1, 0.15) is 23.5 Å². The Morgan fingerprint density at radius 1 is 1.09 bits per heavy atom. The minimum atomic E-state index is -0.872. The van der Waals surface area contributed by atoms with Crippen LogP contribution in [0.25, 0.3) is 5.69 Å². The third-order valence-corrected chi connectivity index (χ3v) is 6.03. The van der Waals surface area contributed by atoms with E-state index in [1.54, 1.807) is 23.9 Å². The van der Waals surface area contributed by atoms with E-state index in [9.17, 15) is 9.59 Å². The molecular formula is C27H33ClN4O3. The topological polar surface area (TPSA) is 76.5 Å². The molecule has 0 aliphatic heterocycles. The lowest BCUT2D eigenvalue weighted by atomic mass is 9.92. The van der Waals surface area contributed by atoms with E-state index in [4.69, 9.17) is 21.4 Å².